The second-order valence-corrected chi connectivity index (χ2v) is 5.29. The van der Waals surface area contributed by atoms with Gasteiger partial charge in [0.1, 0.15) is 0 Å². The molecule has 104 valence electrons. The monoisotopic (exact) mass is 260 g/mol. The first-order valence-electron chi connectivity index (χ1n) is 7.37. The van der Waals surface area contributed by atoms with Crippen LogP contribution in [0.1, 0.15) is 44.1 Å². The van der Waals surface area contributed by atoms with Gasteiger partial charge in [-0.1, -0.05) is 43.7 Å². The summed E-state index contributed by atoms with van der Waals surface area (Å²) in [4.78, 5) is 12.4. The minimum absolute atomic E-state index is 0.00685. The van der Waals surface area contributed by atoms with E-state index in [0.717, 1.165) is 31.5 Å². The van der Waals surface area contributed by atoms with Crippen molar-refractivity contribution < 1.29 is 4.79 Å². The molecule has 0 aliphatic carbocycles. The van der Waals surface area contributed by atoms with Crippen LogP contribution in [-0.4, -0.2) is 25.0 Å². The number of benzene rings is 1. The van der Waals surface area contributed by atoms with Crippen molar-refractivity contribution >= 4 is 5.91 Å². The average molecular weight is 260 g/mol. The molecule has 3 nitrogen and oxygen atoms in total. The van der Waals surface area contributed by atoms with Gasteiger partial charge in [0.25, 0.3) is 0 Å². The number of carbonyl (C=O) groups excluding carboxylic acids is 1. The number of hydrogen-bond acceptors (Lipinski definition) is 2. The van der Waals surface area contributed by atoms with E-state index in [4.69, 9.17) is 0 Å². The zero-order chi connectivity index (χ0) is 13.5. The van der Waals surface area contributed by atoms with Gasteiger partial charge in [0.05, 0.1) is 5.92 Å². The van der Waals surface area contributed by atoms with Gasteiger partial charge < -0.3 is 10.6 Å². The van der Waals surface area contributed by atoms with Gasteiger partial charge in [-0.2, -0.15) is 0 Å². The van der Waals surface area contributed by atoms with E-state index in [1.54, 1.807) is 0 Å². The highest BCUT2D eigenvalue weighted by Gasteiger charge is 2.21. The molecule has 2 atom stereocenters. The van der Waals surface area contributed by atoms with Gasteiger partial charge in [-0.3, -0.25) is 4.79 Å². The number of carbonyl (C=O) groups is 1. The summed E-state index contributed by atoms with van der Waals surface area (Å²) in [5.41, 5.74) is 1.13. The summed E-state index contributed by atoms with van der Waals surface area (Å²) >= 11 is 0. The lowest BCUT2D eigenvalue weighted by molar-refractivity contribution is -0.122. The molecule has 1 aliphatic rings. The summed E-state index contributed by atoms with van der Waals surface area (Å²) in [6.07, 6.45) is 4.32. The highest BCUT2D eigenvalue weighted by molar-refractivity contribution is 5.83. The number of rotatable bonds is 6. The molecule has 1 aromatic carbocycles. The lowest BCUT2D eigenvalue weighted by Gasteiger charge is -2.18. The summed E-state index contributed by atoms with van der Waals surface area (Å²) in [6, 6.07) is 10.6. The molecule has 1 saturated heterocycles. The molecule has 2 N–H and O–H groups in total. The first-order chi connectivity index (χ1) is 9.31. The maximum Gasteiger partial charge on any atom is 0.227 e. The highest BCUT2D eigenvalue weighted by Crippen LogP contribution is 2.21. The topological polar surface area (TPSA) is 41.1 Å². The standard InChI is InChI=1S/C16H24N2O/c1-2-7-15(13-8-4-3-5-9-13)16(19)18-12-14-10-6-11-17-14/h3-5,8-9,14-15,17H,2,6-7,10-12H2,1H3,(H,18,19). The average Bonchev–Trinajstić information content (AvgIpc) is 2.96. The molecule has 19 heavy (non-hydrogen) atoms. The normalized spacial score (nSPS) is 20.2. The second-order valence-electron chi connectivity index (χ2n) is 5.29. The van der Waals surface area contributed by atoms with Gasteiger partial charge in [0, 0.05) is 12.6 Å². The Balaban J connectivity index is 1.92. The van der Waals surface area contributed by atoms with Gasteiger partial charge in [-0.05, 0) is 31.4 Å². The first-order valence-corrected chi connectivity index (χ1v) is 7.37. The van der Waals surface area contributed by atoms with Crippen LogP contribution in [-0.2, 0) is 4.79 Å². The molecule has 0 saturated carbocycles. The minimum Gasteiger partial charge on any atom is -0.354 e. The summed E-state index contributed by atoms with van der Waals surface area (Å²) in [7, 11) is 0. The smallest absolute Gasteiger partial charge is 0.227 e. The Morgan fingerprint density at radius 2 is 2.21 bits per heavy atom. The van der Waals surface area contributed by atoms with Crippen molar-refractivity contribution in [3.63, 3.8) is 0 Å². The van der Waals surface area contributed by atoms with E-state index in [9.17, 15) is 4.79 Å². The van der Waals surface area contributed by atoms with E-state index in [0.29, 0.717) is 6.04 Å². The predicted molar refractivity (Wildman–Crippen MR) is 78.1 cm³/mol. The Kier molecular flexibility index (Phi) is 5.40. The Morgan fingerprint density at radius 1 is 1.42 bits per heavy atom. The van der Waals surface area contributed by atoms with Gasteiger partial charge >= 0.3 is 0 Å². The molecule has 1 amide bonds. The Labute approximate surface area is 115 Å². The largest absolute Gasteiger partial charge is 0.354 e. The maximum atomic E-state index is 12.4. The van der Waals surface area contributed by atoms with Crippen LogP contribution in [0.15, 0.2) is 30.3 Å². The van der Waals surface area contributed by atoms with Gasteiger partial charge in [0.2, 0.25) is 5.91 Å². The molecule has 1 aliphatic heterocycles. The maximum absolute atomic E-state index is 12.4. The molecule has 0 bridgehead atoms. The van der Waals surface area contributed by atoms with Crippen molar-refractivity contribution in [2.75, 3.05) is 13.1 Å². The predicted octanol–water partition coefficient (Wildman–Crippen LogP) is 2.44. The van der Waals surface area contributed by atoms with Crippen molar-refractivity contribution in [1.29, 1.82) is 0 Å². The molecule has 0 radical (unpaired) electrons. The third-order valence-electron chi connectivity index (χ3n) is 3.78. The fourth-order valence-electron chi connectivity index (χ4n) is 2.70. The molecule has 0 spiro atoms. The van der Waals surface area contributed by atoms with Gasteiger partial charge in [0.15, 0.2) is 0 Å². The van der Waals surface area contributed by atoms with E-state index in [1.165, 1.54) is 12.8 Å². The Morgan fingerprint density at radius 3 is 2.84 bits per heavy atom. The van der Waals surface area contributed by atoms with Crippen molar-refractivity contribution in [2.45, 2.75) is 44.6 Å². The van der Waals surface area contributed by atoms with E-state index >= 15 is 0 Å². The van der Waals surface area contributed by atoms with E-state index in [2.05, 4.69) is 17.6 Å². The molecule has 1 fully saturated rings. The fourth-order valence-corrected chi connectivity index (χ4v) is 2.70. The summed E-state index contributed by atoms with van der Waals surface area (Å²) in [5, 5.41) is 6.51. The quantitative estimate of drug-likeness (QED) is 0.825. The molecular formula is C16H24N2O. The number of hydrogen-bond donors (Lipinski definition) is 2. The van der Waals surface area contributed by atoms with E-state index < -0.39 is 0 Å². The van der Waals surface area contributed by atoms with Crippen molar-refractivity contribution in [1.82, 2.24) is 10.6 Å². The Hall–Kier alpha value is -1.35. The zero-order valence-electron chi connectivity index (χ0n) is 11.7. The Bertz CT molecular complexity index is 385. The molecule has 1 aromatic rings. The highest BCUT2D eigenvalue weighted by atomic mass is 16.1. The van der Waals surface area contributed by atoms with Crippen LogP contribution in [0.25, 0.3) is 0 Å². The van der Waals surface area contributed by atoms with Crippen LogP contribution in [0, 0.1) is 0 Å². The van der Waals surface area contributed by atoms with Crippen LogP contribution in [0.2, 0.25) is 0 Å². The van der Waals surface area contributed by atoms with Crippen molar-refractivity contribution in [3.8, 4) is 0 Å². The summed E-state index contributed by atoms with van der Waals surface area (Å²) < 4.78 is 0. The van der Waals surface area contributed by atoms with Gasteiger partial charge in [-0.25, -0.2) is 0 Å². The molecular weight excluding hydrogens is 236 g/mol. The van der Waals surface area contributed by atoms with Crippen LogP contribution >= 0.6 is 0 Å². The zero-order valence-corrected chi connectivity index (χ0v) is 11.7. The SMILES string of the molecule is CCCC(C(=O)NCC1CCCN1)c1ccccc1. The summed E-state index contributed by atoms with van der Waals surface area (Å²) in [5.74, 6) is 0.161. The molecule has 2 rings (SSSR count). The lowest BCUT2D eigenvalue weighted by atomic mass is 9.93. The van der Waals surface area contributed by atoms with Crippen LogP contribution in [0.4, 0.5) is 0 Å². The summed E-state index contributed by atoms with van der Waals surface area (Å²) in [6.45, 7) is 3.96. The second kappa shape index (κ2) is 7.29. The molecule has 0 aromatic heterocycles. The number of amides is 1. The van der Waals surface area contributed by atoms with Crippen LogP contribution < -0.4 is 10.6 Å². The molecule has 3 heteroatoms. The minimum atomic E-state index is -0.00685. The van der Waals surface area contributed by atoms with Crippen LogP contribution in [0.3, 0.4) is 0 Å². The molecule has 2 unspecified atom stereocenters. The van der Waals surface area contributed by atoms with E-state index in [-0.39, 0.29) is 11.8 Å². The van der Waals surface area contributed by atoms with Gasteiger partial charge in [-0.15, -0.1) is 0 Å². The fraction of sp³-hybridized carbons (Fsp3) is 0.562. The van der Waals surface area contributed by atoms with Crippen LogP contribution in [0.5, 0.6) is 0 Å². The van der Waals surface area contributed by atoms with E-state index in [1.807, 2.05) is 30.3 Å². The number of nitrogens with one attached hydrogen (secondary N) is 2. The lowest BCUT2D eigenvalue weighted by Crippen LogP contribution is -2.39. The third-order valence-corrected chi connectivity index (χ3v) is 3.78. The third kappa shape index (κ3) is 4.06. The van der Waals surface area contributed by atoms with Crippen molar-refractivity contribution in [2.24, 2.45) is 0 Å². The van der Waals surface area contributed by atoms with Crippen molar-refractivity contribution in [3.05, 3.63) is 35.9 Å². The first kappa shape index (κ1) is 14.1. The molecule has 1 heterocycles.